The summed E-state index contributed by atoms with van der Waals surface area (Å²) in [5.74, 6) is -2.32. The van der Waals surface area contributed by atoms with Gasteiger partial charge in [-0.3, -0.25) is 14.6 Å². The van der Waals surface area contributed by atoms with Crippen LogP contribution in [0.3, 0.4) is 0 Å². The van der Waals surface area contributed by atoms with Crippen LogP contribution in [0.1, 0.15) is 24.8 Å². The Morgan fingerprint density at radius 3 is 2.73 bits per heavy atom. The minimum absolute atomic E-state index is 0.0712. The molecule has 2 heterocycles. The zero-order chi connectivity index (χ0) is 23.9. The molecule has 4 aromatic rings. The lowest BCUT2D eigenvalue weighted by Gasteiger charge is -2.12. The first-order chi connectivity index (χ1) is 15.6. The number of aromatic nitrogens is 1. The fourth-order valence-electron chi connectivity index (χ4n) is 3.07. The number of halogens is 1. The van der Waals surface area contributed by atoms with E-state index < -0.39 is 24.6 Å². The lowest BCUT2D eigenvalue weighted by molar-refractivity contribution is 0.0962. The predicted octanol–water partition coefficient (Wildman–Crippen LogP) is 3.38. The highest BCUT2D eigenvalue weighted by atomic mass is 19.1. The number of nitrogens with one attached hydrogen (secondary N) is 1. The summed E-state index contributed by atoms with van der Waals surface area (Å²) in [4.78, 5) is 28.1. The average molecular weight is 412 g/mol. The van der Waals surface area contributed by atoms with Crippen molar-refractivity contribution in [3.8, 4) is 17.2 Å². The van der Waals surface area contributed by atoms with E-state index in [1.54, 1.807) is 0 Å². The van der Waals surface area contributed by atoms with Crippen LogP contribution in [0.15, 0.2) is 47.2 Å². The molecule has 0 saturated heterocycles. The van der Waals surface area contributed by atoms with Crippen LogP contribution in [0.2, 0.25) is 0 Å². The number of benzene rings is 2. The Labute approximate surface area is 173 Å². The highest BCUT2D eigenvalue weighted by molar-refractivity contribution is 6.06. The molecule has 0 aliphatic rings. The van der Waals surface area contributed by atoms with Crippen molar-refractivity contribution in [2.75, 3.05) is 14.1 Å². The standard InChI is InChI=1S/C21H16FN3O5/c1-24-21(27)13-9-29-18-8-19(14(22)6-10(13)18)30-16-3-4-25-15-7-17(28-2)12(20(23)26)5-11(15)16/h3-9H,1-2H3,(H2,23,26)(H,24,27)/i1D3. The summed E-state index contributed by atoms with van der Waals surface area (Å²) in [5.41, 5.74) is 5.88. The maximum absolute atomic E-state index is 14.9. The maximum atomic E-state index is 14.9. The second kappa shape index (κ2) is 7.36. The first-order valence-electron chi connectivity index (χ1n) is 10.0. The average Bonchev–Trinajstić information content (AvgIpc) is 3.14. The van der Waals surface area contributed by atoms with Gasteiger partial charge in [-0.1, -0.05) is 0 Å². The number of amides is 2. The van der Waals surface area contributed by atoms with Gasteiger partial charge >= 0.3 is 0 Å². The Morgan fingerprint density at radius 1 is 1.17 bits per heavy atom. The number of pyridine rings is 1. The van der Waals surface area contributed by atoms with Gasteiger partial charge in [-0.25, -0.2) is 4.39 Å². The highest BCUT2D eigenvalue weighted by Gasteiger charge is 2.18. The Kier molecular flexibility index (Phi) is 3.86. The van der Waals surface area contributed by atoms with Gasteiger partial charge in [-0.2, -0.15) is 0 Å². The fraction of sp³-hybridized carbons (Fsp3) is 0.0952. The number of carbonyl (C=O) groups excluding carboxylic acids is 2. The lowest BCUT2D eigenvalue weighted by Crippen LogP contribution is -2.17. The Balaban J connectivity index is 1.75. The number of primary amides is 1. The van der Waals surface area contributed by atoms with Gasteiger partial charge in [0.2, 0.25) is 0 Å². The van der Waals surface area contributed by atoms with Crippen molar-refractivity contribution in [2.24, 2.45) is 5.73 Å². The lowest BCUT2D eigenvalue weighted by atomic mass is 10.1. The maximum Gasteiger partial charge on any atom is 0.254 e. The summed E-state index contributed by atoms with van der Waals surface area (Å²) in [7, 11) is 1.38. The van der Waals surface area contributed by atoms with Gasteiger partial charge in [0.05, 0.1) is 23.8 Å². The van der Waals surface area contributed by atoms with Crippen molar-refractivity contribution >= 4 is 33.7 Å². The highest BCUT2D eigenvalue weighted by Crippen LogP contribution is 2.36. The number of hydrogen-bond acceptors (Lipinski definition) is 6. The van der Waals surface area contributed by atoms with Crippen LogP contribution in [0.4, 0.5) is 4.39 Å². The minimum Gasteiger partial charge on any atom is -0.496 e. The third-order valence-electron chi connectivity index (χ3n) is 4.49. The van der Waals surface area contributed by atoms with Gasteiger partial charge in [0.15, 0.2) is 11.6 Å². The molecule has 0 unspecified atom stereocenters. The van der Waals surface area contributed by atoms with Crippen molar-refractivity contribution < 1.29 is 32.0 Å². The van der Waals surface area contributed by atoms with Crippen LogP contribution in [-0.4, -0.2) is 30.9 Å². The molecule has 0 bridgehead atoms. The van der Waals surface area contributed by atoms with E-state index in [0.29, 0.717) is 10.9 Å². The molecule has 0 fully saturated rings. The van der Waals surface area contributed by atoms with Crippen molar-refractivity contribution in [2.45, 2.75) is 0 Å². The molecule has 2 aromatic carbocycles. The number of hydrogen-bond donors (Lipinski definition) is 2. The second-order valence-electron chi connectivity index (χ2n) is 6.23. The van der Waals surface area contributed by atoms with Gasteiger partial charge in [0.1, 0.15) is 23.3 Å². The molecule has 0 radical (unpaired) electrons. The largest absolute Gasteiger partial charge is 0.496 e. The van der Waals surface area contributed by atoms with Crippen molar-refractivity contribution in [1.82, 2.24) is 10.3 Å². The van der Waals surface area contributed by atoms with Gasteiger partial charge in [0, 0.05) is 40.2 Å². The quantitative estimate of drug-likeness (QED) is 0.519. The monoisotopic (exact) mass is 412 g/mol. The minimum atomic E-state index is -2.71. The third kappa shape index (κ3) is 3.16. The fourth-order valence-corrected chi connectivity index (χ4v) is 3.07. The molecular weight excluding hydrogens is 393 g/mol. The van der Waals surface area contributed by atoms with Crippen LogP contribution in [0.5, 0.6) is 17.2 Å². The molecule has 30 heavy (non-hydrogen) atoms. The first kappa shape index (κ1) is 15.7. The predicted molar refractivity (Wildman–Crippen MR) is 106 cm³/mol. The number of nitrogens with two attached hydrogens (primary N) is 1. The Bertz CT molecular complexity index is 1420. The van der Waals surface area contributed by atoms with Crippen LogP contribution in [0.25, 0.3) is 21.9 Å². The van der Waals surface area contributed by atoms with Crippen LogP contribution in [-0.2, 0) is 0 Å². The molecule has 4 rings (SSSR count). The summed E-state index contributed by atoms with van der Waals surface area (Å²) < 4.78 is 52.5. The second-order valence-corrected chi connectivity index (χ2v) is 6.23. The molecular formula is C21H16FN3O5. The van der Waals surface area contributed by atoms with E-state index in [0.717, 1.165) is 12.3 Å². The van der Waals surface area contributed by atoms with E-state index in [-0.39, 0.29) is 39.3 Å². The molecule has 0 aliphatic carbocycles. The summed E-state index contributed by atoms with van der Waals surface area (Å²) >= 11 is 0. The van der Waals surface area contributed by atoms with E-state index in [1.807, 2.05) is 5.32 Å². The SMILES string of the molecule is [2H]C([2H])([2H])NC(=O)c1coc2cc(Oc3ccnc4cc(OC)c(C(N)=O)cc34)c(F)cc12. The van der Waals surface area contributed by atoms with Gasteiger partial charge in [-0.05, 0) is 18.2 Å². The first-order valence-corrected chi connectivity index (χ1v) is 8.55. The van der Waals surface area contributed by atoms with E-state index >= 15 is 0 Å². The van der Waals surface area contributed by atoms with E-state index in [1.165, 1.54) is 37.6 Å². The van der Waals surface area contributed by atoms with Crippen molar-refractivity contribution in [1.29, 1.82) is 0 Å². The molecule has 152 valence electrons. The number of carbonyl (C=O) groups is 2. The number of rotatable bonds is 5. The number of ether oxygens (including phenoxy) is 2. The Morgan fingerprint density at radius 2 is 2.00 bits per heavy atom. The molecule has 8 nitrogen and oxygen atoms in total. The zero-order valence-corrected chi connectivity index (χ0v) is 15.5. The molecule has 0 saturated carbocycles. The number of furan rings is 1. The molecule has 0 atom stereocenters. The summed E-state index contributed by atoms with van der Waals surface area (Å²) in [6, 6.07) is 6.63. The van der Waals surface area contributed by atoms with Crippen LogP contribution >= 0.6 is 0 Å². The van der Waals surface area contributed by atoms with E-state index in [9.17, 15) is 14.0 Å². The molecule has 2 aromatic heterocycles. The number of nitrogens with zero attached hydrogens (tertiary/aromatic N) is 1. The van der Waals surface area contributed by atoms with Gasteiger partial charge in [0.25, 0.3) is 11.8 Å². The van der Waals surface area contributed by atoms with Crippen molar-refractivity contribution in [3.63, 3.8) is 0 Å². The number of methoxy groups -OCH3 is 1. The normalized spacial score (nSPS) is 12.8. The summed E-state index contributed by atoms with van der Waals surface area (Å²) in [6.07, 6.45) is 2.46. The number of fused-ring (bicyclic) bond motifs is 2. The molecule has 0 aliphatic heterocycles. The molecule has 9 heteroatoms. The van der Waals surface area contributed by atoms with E-state index in [2.05, 4.69) is 4.98 Å². The van der Waals surface area contributed by atoms with Crippen LogP contribution in [0, 0.1) is 5.82 Å². The summed E-state index contributed by atoms with van der Waals surface area (Å²) in [6.45, 7) is -2.71. The zero-order valence-electron chi connectivity index (χ0n) is 18.5. The smallest absolute Gasteiger partial charge is 0.254 e. The topological polar surface area (TPSA) is 117 Å². The third-order valence-corrected chi connectivity index (χ3v) is 4.49. The van der Waals surface area contributed by atoms with Gasteiger partial charge < -0.3 is 24.9 Å². The van der Waals surface area contributed by atoms with E-state index in [4.69, 9.17) is 23.7 Å². The van der Waals surface area contributed by atoms with Gasteiger partial charge in [-0.15, -0.1) is 0 Å². The molecule has 0 spiro atoms. The molecule has 3 N–H and O–H groups in total. The van der Waals surface area contributed by atoms with Crippen LogP contribution < -0.4 is 20.5 Å². The van der Waals surface area contributed by atoms with Crippen molar-refractivity contribution in [3.05, 3.63) is 59.7 Å². The Hall–Kier alpha value is -4.14. The summed E-state index contributed by atoms with van der Waals surface area (Å²) in [5, 5.41) is 2.27. The molecule has 2 amide bonds.